The second-order valence-corrected chi connectivity index (χ2v) is 4.39. The number of hydrazine groups is 1. The third kappa shape index (κ3) is 2.74. The molecule has 5 nitrogen and oxygen atoms in total. The molecule has 0 aliphatic carbocycles. The molecule has 2 rings (SSSR count). The van der Waals surface area contributed by atoms with Crippen LogP contribution in [-0.4, -0.2) is 19.2 Å². The first-order chi connectivity index (χ1) is 9.71. The number of hydrogen-bond acceptors (Lipinski definition) is 5. The van der Waals surface area contributed by atoms with E-state index in [1.165, 1.54) is 0 Å². The number of aryl methyl sites for hydroxylation is 1. The molecule has 20 heavy (non-hydrogen) atoms. The molecule has 0 amide bonds. The lowest BCUT2D eigenvalue weighted by Crippen LogP contribution is -2.29. The summed E-state index contributed by atoms with van der Waals surface area (Å²) in [7, 11) is 3.23. The average Bonchev–Trinajstić information content (AvgIpc) is 2.49. The van der Waals surface area contributed by atoms with Gasteiger partial charge >= 0.3 is 0 Å². The fourth-order valence-corrected chi connectivity index (χ4v) is 2.20. The number of nitrogens with zero attached hydrogens (tertiary/aromatic N) is 1. The lowest BCUT2D eigenvalue weighted by molar-refractivity contribution is 0.354. The Kier molecular flexibility index (Phi) is 4.55. The zero-order chi connectivity index (χ0) is 14.5. The molecular formula is C15H19N3O2. The molecular weight excluding hydrogens is 254 g/mol. The highest BCUT2D eigenvalue weighted by molar-refractivity contribution is 5.46. The highest BCUT2D eigenvalue weighted by Crippen LogP contribution is 2.32. The number of aromatic nitrogens is 1. The summed E-state index contributed by atoms with van der Waals surface area (Å²) in [6.45, 7) is 1.96. The topological polar surface area (TPSA) is 69.4 Å². The van der Waals surface area contributed by atoms with Gasteiger partial charge in [-0.1, -0.05) is 12.1 Å². The maximum atomic E-state index is 5.72. The maximum Gasteiger partial charge on any atom is 0.161 e. The normalized spacial score (nSPS) is 12.0. The van der Waals surface area contributed by atoms with Gasteiger partial charge in [-0.3, -0.25) is 10.8 Å². The van der Waals surface area contributed by atoms with E-state index in [2.05, 4.69) is 10.4 Å². The largest absolute Gasteiger partial charge is 0.493 e. The van der Waals surface area contributed by atoms with Gasteiger partial charge in [0.25, 0.3) is 0 Å². The minimum absolute atomic E-state index is 0.150. The summed E-state index contributed by atoms with van der Waals surface area (Å²) >= 11 is 0. The quantitative estimate of drug-likeness (QED) is 0.644. The number of nitrogens with one attached hydrogen (secondary N) is 1. The highest BCUT2D eigenvalue weighted by atomic mass is 16.5. The van der Waals surface area contributed by atoms with Crippen LogP contribution in [0.3, 0.4) is 0 Å². The molecule has 1 unspecified atom stereocenters. The zero-order valence-electron chi connectivity index (χ0n) is 11.9. The van der Waals surface area contributed by atoms with Crippen LogP contribution in [0.2, 0.25) is 0 Å². The van der Waals surface area contributed by atoms with Crippen molar-refractivity contribution in [1.82, 2.24) is 10.4 Å². The van der Waals surface area contributed by atoms with Crippen LogP contribution >= 0.6 is 0 Å². The number of hydrogen-bond donors (Lipinski definition) is 2. The van der Waals surface area contributed by atoms with Crippen LogP contribution in [-0.2, 0) is 0 Å². The summed E-state index contributed by atoms with van der Waals surface area (Å²) in [5.41, 5.74) is 5.78. The van der Waals surface area contributed by atoms with Crippen molar-refractivity contribution in [3.8, 4) is 11.5 Å². The van der Waals surface area contributed by atoms with E-state index < -0.39 is 0 Å². The Morgan fingerprint density at radius 2 is 1.90 bits per heavy atom. The number of methoxy groups -OCH3 is 2. The standard InChI is InChI=1S/C15H19N3O2/c1-10-12(5-4-8-17-10)15(18-16)11-6-7-13(19-2)14(9-11)20-3/h4-9,15,18H,16H2,1-3H3. The molecule has 5 heteroatoms. The van der Waals surface area contributed by atoms with Gasteiger partial charge in [0, 0.05) is 11.9 Å². The average molecular weight is 273 g/mol. The Hall–Kier alpha value is -2.11. The second kappa shape index (κ2) is 6.36. The predicted octanol–water partition coefficient (Wildman–Crippen LogP) is 1.96. The molecule has 0 bridgehead atoms. The Balaban J connectivity index is 2.45. The van der Waals surface area contributed by atoms with Crippen molar-refractivity contribution in [3.05, 3.63) is 53.3 Å². The van der Waals surface area contributed by atoms with Crippen molar-refractivity contribution in [1.29, 1.82) is 0 Å². The smallest absolute Gasteiger partial charge is 0.161 e. The van der Waals surface area contributed by atoms with Crippen molar-refractivity contribution in [2.24, 2.45) is 5.84 Å². The Labute approximate surface area is 118 Å². The fourth-order valence-electron chi connectivity index (χ4n) is 2.20. The second-order valence-electron chi connectivity index (χ2n) is 4.39. The number of rotatable bonds is 5. The van der Waals surface area contributed by atoms with Crippen LogP contribution in [0.4, 0.5) is 0 Å². The van der Waals surface area contributed by atoms with Gasteiger partial charge in [0.2, 0.25) is 0 Å². The third-order valence-electron chi connectivity index (χ3n) is 3.27. The molecule has 0 spiro atoms. The Morgan fingerprint density at radius 3 is 2.50 bits per heavy atom. The van der Waals surface area contributed by atoms with E-state index in [0.29, 0.717) is 11.5 Å². The van der Waals surface area contributed by atoms with Crippen molar-refractivity contribution >= 4 is 0 Å². The molecule has 0 saturated carbocycles. The van der Waals surface area contributed by atoms with Gasteiger partial charge < -0.3 is 9.47 Å². The van der Waals surface area contributed by atoms with Crippen molar-refractivity contribution < 1.29 is 9.47 Å². The van der Waals surface area contributed by atoms with E-state index in [0.717, 1.165) is 16.8 Å². The van der Waals surface area contributed by atoms with Crippen molar-refractivity contribution in [2.45, 2.75) is 13.0 Å². The van der Waals surface area contributed by atoms with Gasteiger partial charge in [-0.2, -0.15) is 0 Å². The molecule has 1 heterocycles. The molecule has 0 radical (unpaired) electrons. The molecule has 106 valence electrons. The van der Waals surface area contributed by atoms with E-state index in [1.807, 2.05) is 37.3 Å². The molecule has 0 fully saturated rings. The van der Waals surface area contributed by atoms with Gasteiger partial charge in [-0.25, -0.2) is 5.43 Å². The SMILES string of the molecule is COc1ccc(C(NN)c2cccnc2C)cc1OC. The van der Waals surface area contributed by atoms with E-state index in [4.69, 9.17) is 15.3 Å². The molecule has 1 aromatic heterocycles. The van der Waals surface area contributed by atoms with Gasteiger partial charge in [0.15, 0.2) is 11.5 Å². The molecule has 1 aromatic carbocycles. The van der Waals surface area contributed by atoms with E-state index in [1.54, 1.807) is 20.4 Å². The maximum absolute atomic E-state index is 5.72. The number of pyridine rings is 1. The van der Waals surface area contributed by atoms with Gasteiger partial charge in [0.05, 0.1) is 20.3 Å². The third-order valence-corrected chi connectivity index (χ3v) is 3.27. The first kappa shape index (κ1) is 14.3. The number of nitrogens with two attached hydrogens (primary N) is 1. The molecule has 0 saturated heterocycles. The van der Waals surface area contributed by atoms with Gasteiger partial charge in [-0.15, -0.1) is 0 Å². The first-order valence-corrected chi connectivity index (χ1v) is 6.30. The number of ether oxygens (including phenoxy) is 2. The first-order valence-electron chi connectivity index (χ1n) is 6.30. The molecule has 0 aliphatic heterocycles. The van der Waals surface area contributed by atoms with E-state index >= 15 is 0 Å². The lowest BCUT2D eigenvalue weighted by atomic mass is 9.98. The summed E-state index contributed by atoms with van der Waals surface area (Å²) in [6, 6.07) is 9.48. The lowest BCUT2D eigenvalue weighted by Gasteiger charge is -2.19. The van der Waals surface area contributed by atoms with Crippen molar-refractivity contribution in [2.75, 3.05) is 14.2 Å². The van der Waals surface area contributed by atoms with Crippen LogP contribution in [0.1, 0.15) is 22.9 Å². The van der Waals surface area contributed by atoms with Gasteiger partial charge in [-0.05, 0) is 36.2 Å². The summed E-state index contributed by atoms with van der Waals surface area (Å²) in [5.74, 6) is 7.08. The van der Waals surface area contributed by atoms with Gasteiger partial charge in [0.1, 0.15) is 0 Å². The molecule has 0 aliphatic rings. The summed E-state index contributed by atoms with van der Waals surface area (Å²) < 4.78 is 10.6. The van der Waals surface area contributed by atoms with E-state index in [9.17, 15) is 0 Å². The van der Waals surface area contributed by atoms with Crippen LogP contribution in [0.15, 0.2) is 36.5 Å². The molecule has 3 N–H and O–H groups in total. The summed E-state index contributed by atoms with van der Waals surface area (Å²) in [4.78, 5) is 4.30. The van der Waals surface area contributed by atoms with Crippen LogP contribution in [0, 0.1) is 6.92 Å². The van der Waals surface area contributed by atoms with E-state index in [-0.39, 0.29) is 6.04 Å². The summed E-state index contributed by atoms with van der Waals surface area (Å²) in [6.07, 6.45) is 1.76. The van der Waals surface area contributed by atoms with Crippen LogP contribution in [0.5, 0.6) is 11.5 Å². The minimum atomic E-state index is -0.150. The fraction of sp³-hybridized carbons (Fsp3) is 0.267. The molecule has 1 atom stereocenters. The highest BCUT2D eigenvalue weighted by Gasteiger charge is 2.17. The van der Waals surface area contributed by atoms with Crippen LogP contribution < -0.4 is 20.7 Å². The Bertz CT molecular complexity index is 587. The monoisotopic (exact) mass is 273 g/mol. The molecule has 2 aromatic rings. The van der Waals surface area contributed by atoms with Crippen LogP contribution in [0.25, 0.3) is 0 Å². The Morgan fingerprint density at radius 1 is 1.15 bits per heavy atom. The summed E-state index contributed by atoms with van der Waals surface area (Å²) in [5, 5.41) is 0. The van der Waals surface area contributed by atoms with Crippen molar-refractivity contribution in [3.63, 3.8) is 0 Å². The minimum Gasteiger partial charge on any atom is -0.493 e. The predicted molar refractivity (Wildman–Crippen MR) is 77.7 cm³/mol. The zero-order valence-corrected chi connectivity index (χ0v) is 11.9. The number of benzene rings is 1.